The summed E-state index contributed by atoms with van der Waals surface area (Å²) < 4.78 is 10.6. The molecule has 3 nitrogen and oxygen atoms in total. The van der Waals surface area contributed by atoms with E-state index in [-0.39, 0.29) is 5.97 Å². The zero-order valence-electron chi connectivity index (χ0n) is 9.66. The van der Waals surface area contributed by atoms with Gasteiger partial charge in [0.05, 0.1) is 6.61 Å². The zero-order valence-corrected chi connectivity index (χ0v) is 9.66. The highest BCUT2D eigenvalue weighted by atomic mass is 16.5. The third-order valence-corrected chi connectivity index (χ3v) is 2.57. The smallest absolute Gasteiger partial charge is 0.342 e. The zero-order chi connectivity index (χ0) is 11.7. The molecule has 0 aliphatic rings. The van der Waals surface area contributed by atoms with Crippen molar-refractivity contribution in [1.82, 2.24) is 0 Å². The molecule has 84 valence electrons. The number of benzene rings is 1. The summed E-state index contributed by atoms with van der Waals surface area (Å²) >= 11 is 0. The average molecular weight is 218 g/mol. The minimum Gasteiger partial charge on any atom is -0.462 e. The fourth-order valence-corrected chi connectivity index (χ4v) is 1.84. The fraction of sp³-hybridized carbons (Fsp3) is 0.308. The first-order chi connectivity index (χ1) is 7.65. The Morgan fingerprint density at radius 2 is 2.12 bits per heavy atom. The van der Waals surface area contributed by atoms with Crippen molar-refractivity contribution in [2.45, 2.75) is 20.8 Å². The van der Waals surface area contributed by atoms with E-state index in [4.69, 9.17) is 9.15 Å². The molecule has 0 bridgehead atoms. The molecule has 2 rings (SSSR count). The van der Waals surface area contributed by atoms with Crippen LogP contribution >= 0.6 is 0 Å². The fourth-order valence-electron chi connectivity index (χ4n) is 1.84. The largest absolute Gasteiger partial charge is 0.462 e. The number of esters is 1. The maximum absolute atomic E-state index is 11.8. The second-order valence-electron chi connectivity index (χ2n) is 3.71. The molecule has 0 fully saturated rings. The summed E-state index contributed by atoms with van der Waals surface area (Å²) in [6, 6.07) is 5.75. The Morgan fingerprint density at radius 3 is 2.81 bits per heavy atom. The van der Waals surface area contributed by atoms with Crippen molar-refractivity contribution >= 4 is 16.9 Å². The Labute approximate surface area is 94.0 Å². The van der Waals surface area contributed by atoms with Gasteiger partial charge in [0.2, 0.25) is 0 Å². The molecule has 0 saturated heterocycles. The molecule has 0 radical (unpaired) electrons. The van der Waals surface area contributed by atoms with Crippen molar-refractivity contribution in [2.75, 3.05) is 6.61 Å². The Bertz CT molecular complexity index is 537. The van der Waals surface area contributed by atoms with E-state index < -0.39 is 0 Å². The number of fused-ring (bicyclic) bond motifs is 1. The van der Waals surface area contributed by atoms with Gasteiger partial charge >= 0.3 is 5.97 Å². The van der Waals surface area contributed by atoms with Crippen LogP contribution in [0.3, 0.4) is 0 Å². The number of rotatable bonds is 2. The van der Waals surface area contributed by atoms with E-state index in [2.05, 4.69) is 0 Å². The van der Waals surface area contributed by atoms with Crippen molar-refractivity contribution in [3.8, 4) is 0 Å². The second-order valence-corrected chi connectivity index (χ2v) is 3.71. The molecule has 0 N–H and O–H groups in total. The van der Waals surface area contributed by atoms with Crippen molar-refractivity contribution in [2.24, 2.45) is 0 Å². The number of carbonyl (C=O) groups excluding carboxylic acids is 1. The van der Waals surface area contributed by atoms with Crippen LogP contribution < -0.4 is 0 Å². The second kappa shape index (κ2) is 4.00. The number of hydrogen-bond donors (Lipinski definition) is 0. The molecule has 3 heteroatoms. The number of para-hydroxylation sites is 1. The molecular formula is C13H14O3. The highest BCUT2D eigenvalue weighted by molar-refractivity contribution is 6.05. The molecule has 0 saturated carbocycles. The van der Waals surface area contributed by atoms with Gasteiger partial charge in [-0.05, 0) is 26.3 Å². The third-order valence-electron chi connectivity index (χ3n) is 2.57. The lowest BCUT2D eigenvalue weighted by Gasteiger charge is -2.00. The minimum absolute atomic E-state index is 0.315. The Kier molecular flexibility index (Phi) is 2.69. The number of furan rings is 1. The molecule has 0 amide bonds. The Morgan fingerprint density at radius 1 is 1.38 bits per heavy atom. The number of aryl methyl sites for hydroxylation is 2. The quantitative estimate of drug-likeness (QED) is 0.726. The van der Waals surface area contributed by atoms with E-state index in [0.717, 1.165) is 16.5 Å². The first-order valence-electron chi connectivity index (χ1n) is 5.31. The van der Waals surface area contributed by atoms with Crippen LogP contribution in [0.25, 0.3) is 11.0 Å². The normalized spacial score (nSPS) is 10.7. The first kappa shape index (κ1) is 10.7. The van der Waals surface area contributed by atoms with Gasteiger partial charge in [-0.3, -0.25) is 0 Å². The Hall–Kier alpha value is -1.77. The molecule has 0 atom stereocenters. The molecule has 1 aromatic carbocycles. The van der Waals surface area contributed by atoms with Crippen LogP contribution in [0.1, 0.15) is 28.6 Å². The van der Waals surface area contributed by atoms with Gasteiger partial charge < -0.3 is 9.15 Å². The van der Waals surface area contributed by atoms with E-state index in [0.29, 0.717) is 17.9 Å². The monoisotopic (exact) mass is 218 g/mol. The SMILES string of the molecule is CCOC(=O)c1c(C)oc2c(C)cccc12. The third kappa shape index (κ3) is 1.58. The summed E-state index contributed by atoms with van der Waals surface area (Å²) in [4.78, 5) is 11.8. The van der Waals surface area contributed by atoms with Crippen LogP contribution in [-0.2, 0) is 4.74 Å². The van der Waals surface area contributed by atoms with Gasteiger partial charge in [0.15, 0.2) is 0 Å². The maximum Gasteiger partial charge on any atom is 0.342 e. The van der Waals surface area contributed by atoms with Crippen LogP contribution in [0.5, 0.6) is 0 Å². The number of hydrogen-bond acceptors (Lipinski definition) is 3. The highest BCUT2D eigenvalue weighted by Crippen LogP contribution is 2.28. The van der Waals surface area contributed by atoms with Gasteiger partial charge in [0.1, 0.15) is 16.9 Å². The lowest BCUT2D eigenvalue weighted by atomic mass is 10.1. The standard InChI is InChI=1S/C13H14O3/c1-4-15-13(14)11-9(3)16-12-8(2)6-5-7-10(11)12/h5-7H,4H2,1-3H3. The van der Waals surface area contributed by atoms with E-state index in [1.165, 1.54) is 0 Å². The van der Waals surface area contributed by atoms with Gasteiger partial charge in [-0.2, -0.15) is 0 Å². The number of ether oxygens (including phenoxy) is 1. The van der Waals surface area contributed by atoms with Crippen molar-refractivity contribution < 1.29 is 13.9 Å². The summed E-state index contributed by atoms with van der Waals surface area (Å²) in [7, 11) is 0. The molecule has 2 aromatic rings. The van der Waals surface area contributed by atoms with E-state index in [1.807, 2.05) is 25.1 Å². The van der Waals surface area contributed by atoms with Crippen molar-refractivity contribution in [3.63, 3.8) is 0 Å². The lowest BCUT2D eigenvalue weighted by Crippen LogP contribution is -2.05. The number of carbonyl (C=O) groups is 1. The molecule has 1 aromatic heterocycles. The van der Waals surface area contributed by atoms with Gasteiger partial charge in [0.25, 0.3) is 0 Å². The molecule has 1 heterocycles. The van der Waals surface area contributed by atoms with Gasteiger partial charge in [-0.1, -0.05) is 18.2 Å². The summed E-state index contributed by atoms with van der Waals surface area (Å²) in [5.41, 5.74) is 2.33. The Balaban J connectivity index is 2.65. The highest BCUT2D eigenvalue weighted by Gasteiger charge is 2.19. The predicted molar refractivity (Wildman–Crippen MR) is 61.6 cm³/mol. The summed E-state index contributed by atoms with van der Waals surface area (Å²) in [5, 5.41) is 0.830. The average Bonchev–Trinajstić information content (AvgIpc) is 2.56. The van der Waals surface area contributed by atoms with Crippen LogP contribution in [0.2, 0.25) is 0 Å². The summed E-state index contributed by atoms with van der Waals surface area (Å²) in [5.74, 6) is 0.298. The van der Waals surface area contributed by atoms with Gasteiger partial charge in [-0.25, -0.2) is 4.79 Å². The van der Waals surface area contributed by atoms with Crippen molar-refractivity contribution in [1.29, 1.82) is 0 Å². The molecule has 16 heavy (non-hydrogen) atoms. The van der Waals surface area contributed by atoms with Crippen LogP contribution in [0.15, 0.2) is 22.6 Å². The first-order valence-corrected chi connectivity index (χ1v) is 5.31. The van der Waals surface area contributed by atoms with E-state index in [1.54, 1.807) is 13.8 Å². The van der Waals surface area contributed by atoms with Crippen LogP contribution in [-0.4, -0.2) is 12.6 Å². The molecule has 0 spiro atoms. The molecule has 0 unspecified atom stereocenters. The predicted octanol–water partition coefficient (Wildman–Crippen LogP) is 3.23. The lowest BCUT2D eigenvalue weighted by molar-refractivity contribution is 0.0526. The topological polar surface area (TPSA) is 39.4 Å². The van der Waals surface area contributed by atoms with Gasteiger partial charge in [0, 0.05) is 5.39 Å². The van der Waals surface area contributed by atoms with Crippen LogP contribution in [0, 0.1) is 13.8 Å². The summed E-state index contributed by atoms with van der Waals surface area (Å²) in [6.45, 7) is 5.91. The molecule has 0 aliphatic carbocycles. The molecule has 0 aliphatic heterocycles. The maximum atomic E-state index is 11.8. The van der Waals surface area contributed by atoms with E-state index in [9.17, 15) is 4.79 Å². The minimum atomic E-state index is -0.315. The van der Waals surface area contributed by atoms with Crippen molar-refractivity contribution in [3.05, 3.63) is 35.1 Å². The van der Waals surface area contributed by atoms with Crippen LogP contribution in [0.4, 0.5) is 0 Å². The van der Waals surface area contributed by atoms with E-state index >= 15 is 0 Å². The molecular weight excluding hydrogens is 204 g/mol. The summed E-state index contributed by atoms with van der Waals surface area (Å²) in [6.07, 6.45) is 0. The van der Waals surface area contributed by atoms with Gasteiger partial charge in [-0.15, -0.1) is 0 Å².